The van der Waals surface area contributed by atoms with Crippen LogP contribution >= 0.6 is 0 Å². The molecular weight excluding hydrogens is 230 g/mol. The molecule has 0 aromatic carbocycles. The lowest BCUT2D eigenvalue weighted by Gasteiger charge is -2.06. The van der Waals surface area contributed by atoms with Crippen molar-refractivity contribution in [2.45, 2.75) is 31.6 Å². The minimum atomic E-state index is -0.261. The van der Waals surface area contributed by atoms with E-state index in [-0.39, 0.29) is 5.56 Å². The SMILES string of the molecule is Nc1c(C2CCCC2)[nH]n(-c2ncccn2)c1=O. The van der Waals surface area contributed by atoms with Crippen molar-refractivity contribution in [3.05, 3.63) is 34.5 Å². The Kier molecular flexibility index (Phi) is 2.62. The molecule has 0 saturated heterocycles. The molecule has 6 nitrogen and oxygen atoms in total. The molecule has 2 heterocycles. The standard InChI is InChI=1S/C12H15N5O/c13-9-10(8-4-1-2-5-8)16-17(11(9)18)12-14-6-3-7-15-12/h3,6-8,16H,1-2,4-5,13H2. The van der Waals surface area contributed by atoms with Gasteiger partial charge in [0.2, 0.25) is 0 Å². The van der Waals surface area contributed by atoms with Crippen LogP contribution in [0.15, 0.2) is 23.3 Å². The zero-order valence-electron chi connectivity index (χ0n) is 9.97. The molecule has 0 atom stereocenters. The molecule has 0 radical (unpaired) electrons. The van der Waals surface area contributed by atoms with E-state index in [1.165, 1.54) is 17.5 Å². The quantitative estimate of drug-likeness (QED) is 0.831. The fourth-order valence-electron chi connectivity index (χ4n) is 2.54. The van der Waals surface area contributed by atoms with Crippen LogP contribution in [0.4, 0.5) is 5.69 Å². The van der Waals surface area contributed by atoms with Gasteiger partial charge in [0.05, 0.1) is 5.69 Å². The van der Waals surface area contributed by atoms with Gasteiger partial charge in [-0.25, -0.2) is 9.97 Å². The van der Waals surface area contributed by atoms with Crippen molar-refractivity contribution in [1.82, 2.24) is 19.7 Å². The summed E-state index contributed by atoms with van der Waals surface area (Å²) in [5.74, 6) is 0.695. The summed E-state index contributed by atoms with van der Waals surface area (Å²) in [5.41, 5.74) is 6.78. The second kappa shape index (κ2) is 4.29. The van der Waals surface area contributed by atoms with E-state index < -0.39 is 0 Å². The van der Waals surface area contributed by atoms with Gasteiger partial charge in [-0.15, -0.1) is 0 Å². The first-order valence-electron chi connectivity index (χ1n) is 6.15. The van der Waals surface area contributed by atoms with Crippen molar-refractivity contribution in [2.75, 3.05) is 5.73 Å². The van der Waals surface area contributed by atoms with Gasteiger partial charge in [0.15, 0.2) is 0 Å². The van der Waals surface area contributed by atoms with Gasteiger partial charge < -0.3 is 5.73 Å². The van der Waals surface area contributed by atoms with Crippen LogP contribution in [-0.4, -0.2) is 19.7 Å². The Balaban J connectivity index is 2.07. The van der Waals surface area contributed by atoms with E-state index in [1.807, 2.05) is 0 Å². The number of aromatic nitrogens is 4. The van der Waals surface area contributed by atoms with Crippen LogP contribution < -0.4 is 11.3 Å². The number of anilines is 1. The summed E-state index contributed by atoms with van der Waals surface area (Å²) in [7, 11) is 0. The van der Waals surface area contributed by atoms with E-state index in [1.54, 1.807) is 18.5 Å². The summed E-state index contributed by atoms with van der Waals surface area (Å²) < 4.78 is 1.32. The molecule has 1 aliphatic carbocycles. The lowest BCUT2D eigenvalue weighted by Crippen LogP contribution is -2.18. The number of rotatable bonds is 2. The first-order chi connectivity index (χ1) is 8.77. The number of nitrogens with zero attached hydrogens (tertiary/aromatic N) is 3. The number of hydrogen-bond acceptors (Lipinski definition) is 4. The Morgan fingerprint density at radius 2 is 1.94 bits per heavy atom. The highest BCUT2D eigenvalue weighted by atomic mass is 16.1. The van der Waals surface area contributed by atoms with Gasteiger partial charge in [-0.3, -0.25) is 9.89 Å². The first-order valence-corrected chi connectivity index (χ1v) is 6.15. The minimum Gasteiger partial charge on any atom is -0.393 e. The maximum atomic E-state index is 12.1. The predicted octanol–water partition coefficient (Wildman–Crippen LogP) is 1.20. The van der Waals surface area contributed by atoms with Gasteiger partial charge >= 0.3 is 0 Å². The summed E-state index contributed by atoms with van der Waals surface area (Å²) in [6.07, 6.45) is 7.75. The van der Waals surface area contributed by atoms with Crippen molar-refractivity contribution in [3.63, 3.8) is 0 Å². The van der Waals surface area contributed by atoms with Gasteiger partial charge in [-0.2, -0.15) is 4.68 Å². The van der Waals surface area contributed by atoms with Crippen molar-refractivity contribution in [2.24, 2.45) is 0 Å². The lowest BCUT2D eigenvalue weighted by atomic mass is 10.0. The van der Waals surface area contributed by atoms with E-state index in [0.717, 1.165) is 18.5 Å². The molecule has 1 fully saturated rings. The fraction of sp³-hybridized carbons (Fsp3) is 0.417. The van der Waals surface area contributed by atoms with Gasteiger partial charge in [-0.05, 0) is 18.9 Å². The number of aromatic amines is 1. The highest BCUT2D eigenvalue weighted by Gasteiger charge is 2.24. The van der Waals surface area contributed by atoms with Gasteiger partial charge in [0.1, 0.15) is 5.69 Å². The zero-order valence-corrected chi connectivity index (χ0v) is 9.97. The maximum absolute atomic E-state index is 12.1. The molecule has 0 unspecified atom stereocenters. The second-order valence-electron chi connectivity index (χ2n) is 4.61. The predicted molar refractivity (Wildman–Crippen MR) is 67.6 cm³/mol. The average molecular weight is 245 g/mol. The molecule has 6 heteroatoms. The Bertz CT molecular complexity index is 595. The third kappa shape index (κ3) is 1.70. The number of nitrogen functional groups attached to an aromatic ring is 1. The van der Waals surface area contributed by atoms with E-state index in [4.69, 9.17) is 5.73 Å². The van der Waals surface area contributed by atoms with Crippen LogP contribution in [0.2, 0.25) is 0 Å². The zero-order chi connectivity index (χ0) is 12.5. The van der Waals surface area contributed by atoms with E-state index >= 15 is 0 Å². The molecule has 0 spiro atoms. The van der Waals surface area contributed by atoms with Crippen LogP contribution in [0, 0.1) is 0 Å². The van der Waals surface area contributed by atoms with Gasteiger partial charge in [0.25, 0.3) is 11.5 Å². The summed E-state index contributed by atoms with van der Waals surface area (Å²) in [6, 6.07) is 1.71. The monoisotopic (exact) mass is 245 g/mol. The van der Waals surface area contributed by atoms with Crippen LogP contribution in [-0.2, 0) is 0 Å². The molecule has 94 valence electrons. The van der Waals surface area contributed by atoms with Crippen LogP contribution in [0.1, 0.15) is 37.3 Å². The van der Waals surface area contributed by atoms with Crippen molar-refractivity contribution in [3.8, 4) is 5.95 Å². The molecule has 1 saturated carbocycles. The Hall–Kier alpha value is -2.11. The smallest absolute Gasteiger partial charge is 0.297 e. The second-order valence-corrected chi connectivity index (χ2v) is 4.61. The van der Waals surface area contributed by atoms with Gasteiger partial charge in [0, 0.05) is 18.3 Å². The first kappa shape index (κ1) is 11.0. The Morgan fingerprint density at radius 1 is 1.28 bits per heavy atom. The molecule has 0 aliphatic heterocycles. The normalized spacial score (nSPS) is 16.2. The molecule has 1 aliphatic rings. The molecule has 0 bridgehead atoms. The molecule has 0 amide bonds. The lowest BCUT2D eigenvalue weighted by molar-refractivity contribution is 0.669. The van der Waals surface area contributed by atoms with Crippen LogP contribution in [0.25, 0.3) is 5.95 Å². The topological polar surface area (TPSA) is 89.6 Å². The van der Waals surface area contributed by atoms with E-state index in [0.29, 0.717) is 17.6 Å². The fourth-order valence-corrected chi connectivity index (χ4v) is 2.54. The average Bonchev–Trinajstić information content (AvgIpc) is 3.01. The van der Waals surface area contributed by atoms with Crippen LogP contribution in [0.5, 0.6) is 0 Å². The van der Waals surface area contributed by atoms with E-state index in [2.05, 4.69) is 15.1 Å². The number of hydrogen-bond donors (Lipinski definition) is 2. The maximum Gasteiger partial charge on any atom is 0.297 e. The number of nitrogens with one attached hydrogen (secondary N) is 1. The van der Waals surface area contributed by atoms with Crippen LogP contribution in [0.3, 0.4) is 0 Å². The summed E-state index contributed by atoms with van der Waals surface area (Å²) in [6.45, 7) is 0. The molecule has 3 rings (SSSR count). The summed E-state index contributed by atoms with van der Waals surface area (Å²) >= 11 is 0. The third-order valence-corrected chi connectivity index (χ3v) is 3.47. The molecule has 3 N–H and O–H groups in total. The van der Waals surface area contributed by atoms with E-state index in [9.17, 15) is 4.79 Å². The highest BCUT2D eigenvalue weighted by Crippen LogP contribution is 2.34. The summed E-state index contributed by atoms with van der Waals surface area (Å²) in [5, 5.41) is 3.06. The summed E-state index contributed by atoms with van der Waals surface area (Å²) in [4.78, 5) is 20.2. The molecular formula is C12H15N5O. The Labute approximate surface area is 104 Å². The Morgan fingerprint density at radius 3 is 2.61 bits per heavy atom. The van der Waals surface area contributed by atoms with Gasteiger partial charge in [-0.1, -0.05) is 12.8 Å². The molecule has 18 heavy (non-hydrogen) atoms. The number of H-pyrrole nitrogens is 1. The van der Waals surface area contributed by atoms with Crippen molar-refractivity contribution < 1.29 is 0 Å². The van der Waals surface area contributed by atoms with Crippen molar-refractivity contribution >= 4 is 5.69 Å². The number of nitrogens with two attached hydrogens (primary N) is 1. The molecule has 2 aromatic heterocycles. The largest absolute Gasteiger partial charge is 0.393 e. The van der Waals surface area contributed by atoms with Crippen molar-refractivity contribution in [1.29, 1.82) is 0 Å². The third-order valence-electron chi connectivity index (χ3n) is 3.47. The highest BCUT2D eigenvalue weighted by molar-refractivity contribution is 5.44. The molecule has 2 aromatic rings. The minimum absolute atomic E-state index is 0.261.